The molecule has 1 aromatic rings. The first-order valence-electron chi connectivity index (χ1n) is 7.28. The number of likely N-dealkylation sites (tertiary alicyclic amines) is 1. The molecule has 2 N–H and O–H groups in total. The molecule has 0 bridgehead atoms. The molecule has 21 heavy (non-hydrogen) atoms. The molecule has 1 aliphatic heterocycles. The quantitative estimate of drug-likeness (QED) is 0.809. The van der Waals surface area contributed by atoms with Gasteiger partial charge in [-0.15, -0.1) is 0 Å². The van der Waals surface area contributed by atoms with Crippen molar-refractivity contribution in [2.45, 2.75) is 17.9 Å². The molecule has 1 fully saturated rings. The third kappa shape index (κ3) is 4.51. The van der Waals surface area contributed by atoms with Crippen LogP contribution in [0.3, 0.4) is 0 Å². The van der Waals surface area contributed by atoms with E-state index in [2.05, 4.69) is 4.90 Å². The van der Waals surface area contributed by atoms with Crippen molar-refractivity contribution in [1.82, 2.24) is 4.90 Å². The molecule has 0 amide bonds. The Morgan fingerprint density at radius 2 is 2.24 bits per heavy atom. The van der Waals surface area contributed by atoms with Gasteiger partial charge in [-0.3, -0.25) is 0 Å². The Labute approximate surface area is 127 Å². The van der Waals surface area contributed by atoms with Crippen LogP contribution in [0.4, 0.5) is 0 Å². The van der Waals surface area contributed by atoms with E-state index in [4.69, 9.17) is 10.5 Å². The topological polar surface area (TPSA) is 72.6 Å². The van der Waals surface area contributed by atoms with Gasteiger partial charge >= 0.3 is 0 Å². The minimum absolute atomic E-state index is 0.153. The van der Waals surface area contributed by atoms with Crippen LogP contribution < -0.4 is 5.73 Å². The highest BCUT2D eigenvalue weighted by molar-refractivity contribution is 7.91. The Kier molecular flexibility index (Phi) is 5.75. The highest BCUT2D eigenvalue weighted by Crippen LogP contribution is 2.18. The average molecular weight is 312 g/mol. The van der Waals surface area contributed by atoms with Crippen LogP contribution in [-0.4, -0.2) is 52.4 Å². The average Bonchev–Trinajstić information content (AvgIpc) is 2.93. The summed E-state index contributed by atoms with van der Waals surface area (Å²) < 4.78 is 29.9. The molecule has 6 heteroatoms. The number of hydrogen-bond donors (Lipinski definition) is 1. The molecule has 0 saturated carbocycles. The van der Waals surface area contributed by atoms with Crippen LogP contribution in [0.5, 0.6) is 0 Å². The van der Waals surface area contributed by atoms with Crippen molar-refractivity contribution in [3.05, 3.63) is 29.8 Å². The minimum atomic E-state index is -3.24. The lowest BCUT2D eigenvalue weighted by Crippen LogP contribution is -2.28. The number of hydrogen-bond acceptors (Lipinski definition) is 5. The molecular weight excluding hydrogens is 288 g/mol. The first-order valence-corrected chi connectivity index (χ1v) is 8.93. The van der Waals surface area contributed by atoms with E-state index in [1.54, 1.807) is 25.3 Å². The van der Waals surface area contributed by atoms with Gasteiger partial charge in [0.2, 0.25) is 0 Å². The largest absolute Gasteiger partial charge is 0.384 e. The van der Waals surface area contributed by atoms with Crippen LogP contribution in [0.2, 0.25) is 0 Å². The first-order chi connectivity index (χ1) is 10.0. The number of methoxy groups -OCH3 is 1. The lowest BCUT2D eigenvalue weighted by atomic mass is 10.1. The van der Waals surface area contributed by atoms with Gasteiger partial charge in [0.15, 0.2) is 9.84 Å². The molecule has 1 unspecified atom stereocenters. The standard InChI is InChI=1S/C15H24N2O3S/c1-20-12-14-5-6-17(11-14)7-8-21(18,19)15-4-2-3-13(9-15)10-16/h2-4,9,14H,5-8,10-12,16H2,1H3. The van der Waals surface area contributed by atoms with E-state index in [1.165, 1.54) is 0 Å². The summed E-state index contributed by atoms with van der Waals surface area (Å²) in [7, 11) is -1.53. The summed E-state index contributed by atoms with van der Waals surface area (Å²) in [4.78, 5) is 2.58. The zero-order chi connectivity index (χ0) is 15.3. The van der Waals surface area contributed by atoms with Gasteiger partial charge in [-0.2, -0.15) is 0 Å². The Morgan fingerprint density at radius 1 is 1.43 bits per heavy atom. The predicted octanol–water partition coefficient (Wildman–Crippen LogP) is 0.887. The number of benzene rings is 1. The van der Waals surface area contributed by atoms with E-state index in [0.29, 0.717) is 23.9 Å². The maximum atomic E-state index is 12.4. The Hall–Kier alpha value is -0.950. The smallest absolute Gasteiger partial charge is 0.179 e. The molecule has 0 aliphatic carbocycles. The normalized spacial score (nSPS) is 20.0. The summed E-state index contributed by atoms with van der Waals surface area (Å²) in [6.07, 6.45) is 1.08. The van der Waals surface area contributed by atoms with E-state index in [-0.39, 0.29) is 5.75 Å². The molecule has 5 nitrogen and oxygen atoms in total. The van der Waals surface area contributed by atoms with Gasteiger partial charge in [0.25, 0.3) is 0 Å². The summed E-state index contributed by atoms with van der Waals surface area (Å²) in [5.41, 5.74) is 6.41. The monoisotopic (exact) mass is 312 g/mol. The molecule has 1 heterocycles. The number of sulfone groups is 1. The van der Waals surface area contributed by atoms with Crippen molar-refractivity contribution >= 4 is 9.84 Å². The second-order valence-electron chi connectivity index (χ2n) is 5.58. The molecule has 1 aliphatic rings. The van der Waals surface area contributed by atoms with Crippen molar-refractivity contribution in [3.8, 4) is 0 Å². The number of rotatable bonds is 7. The second kappa shape index (κ2) is 7.35. The zero-order valence-corrected chi connectivity index (χ0v) is 13.3. The molecule has 118 valence electrons. The van der Waals surface area contributed by atoms with Crippen LogP contribution in [0.15, 0.2) is 29.2 Å². The second-order valence-corrected chi connectivity index (χ2v) is 7.69. The van der Waals surface area contributed by atoms with E-state index in [9.17, 15) is 8.42 Å². The maximum Gasteiger partial charge on any atom is 0.179 e. The third-order valence-corrected chi connectivity index (χ3v) is 5.63. The fraction of sp³-hybridized carbons (Fsp3) is 0.600. The van der Waals surface area contributed by atoms with Crippen LogP contribution in [0, 0.1) is 5.92 Å². The van der Waals surface area contributed by atoms with Gasteiger partial charge in [-0.05, 0) is 36.6 Å². The van der Waals surface area contributed by atoms with Crippen LogP contribution in [0.25, 0.3) is 0 Å². The van der Waals surface area contributed by atoms with E-state index in [1.807, 2.05) is 6.07 Å². The molecule has 0 aromatic heterocycles. The van der Waals surface area contributed by atoms with Crippen LogP contribution in [0.1, 0.15) is 12.0 Å². The van der Waals surface area contributed by atoms with Crippen LogP contribution >= 0.6 is 0 Å². The summed E-state index contributed by atoms with van der Waals surface area (Å²) >= 11 is 0. The molecule has 1 aromatic carbocycles. The van der Waals surface area contributed by atoms with Crippen molar-refractivity contribution in [1.29, 1.82) is 0 Å². The lowest BCUT2D eigenvalue weighted by molar-refractivity contribution is 0.154. The fourth-order valence-electron chi connectivity index (χ4n) is 2.72. The number of nitrogens with zero attached hydrogens (tertiary/aromatic N) is 1. The number of ether oxygens (including phenoxy) is 1. The highest BCUT2D eigenvalue weighted by Gasteiger charge is 2.24. The van der Waals surface area contributed by atoms with E-state index >= 15 is 0 Å². The fourth-order valence-corrected chi connectivity index (χ4v) is 4.07. The Bertz CT molecular complexity index is 560. The number of nitrogens with two attached hydrogens (primary N) is 1. The predicted molar refractivity (Wildman–Crippen MR) is 82.8 cm³/mol. The summed E-state index contributed by atoms with van der Waals surface area (Å²) in [5.74, 6) is 0.680. The molecule has 1 atom stereocenters. The third-order valence-electron chi connectivity index (χ3n) is 3.94. The van der Waals surface area contributed by atoms with Gasteiger partial charge in [-0.1, -0.05) is 12.1 Å². The summed E-state index contributed by atoms with van der Waals surface area (Å²) in [6, 6.07) is 6.91. The Morgan fingerprint density at radius 3 is 2.95 bits per heavy atom. The van der Waals surface area contributed by atoms with Crippen molar-refractivity contribution in [2.24, 2.45) is 11.7 Å². The van der Waals surface area contributed by atoms with Gasteiger partial charge in [0, 0.05) is 26.7 Å². The molecule has 0 radical (unpaired) electrons. The lowest BCUT2D eigenvalue weighted by Gasteiger charge is -2.16. The summed E-state index contributed by atoms with van der Waals surface area (Å²) in [5, 5.41) is 0. The van der Waals surface area contributed by atoms with Crippen LogP contribution in [-0.2, 0) is 21.1 Å². The van der Waals surface area contributed by atoms with E-state index in [0.717, 1.165) is 31.7 Å². The highest BCUT2D eigenvalue weighted by atomic mass is 32.2. The first kappa shape index (κ1) is 16.4. The molecule has 1 saturated heterocycles. The summed E-state index contributed by atoms with van der Waals surface area (Å²) in [6.45, 7) is 3.56. The van der Waals surface area contributed by atoms with E-state index < -0.39 is 9.84 Å². The van der Waals surface area contributed by atoms with Crippen molar-refractivity contribution in [2.75, 3.05) is 39.1 Å². The van der Waals surface area contributed by atoms with Gasteiger partial charge in [-0.25, -0.2) is 8.42 Å². The SMILES string of the molecule is COCC1CCN(CCS(=O)(=O)c2cccc(CN)c2)C1. The van der Waals surface area contributed by atoms with Gasteiger partial charge < -0.3 is 15.4 Å². The van der Waals surface area contributed by atoms with Crippen molar-refractivity contribution < 1.29 is 13.2 Å². The van der Waals surface area contributed by atoms with Crippen molar-refractivity contribution in [3.63, 3.8) is 0 Å². The molecule has 0 spiro atoms. The van der Waals surface area contributed by atoms with Gasteiger partial charge in [0.05, 0.1) is 17.3 Å². The Balaban J connectivity index is 1.92. The molecular formula is C15H24N2O3S. The van der Waals surface area contributed by atoms with Gasteiger partial charge in [0.1, 0.15) is 0 Å². The zero-order valence-electron chi connectivity index (χ0n) is 12.5. The molecule has 2 rings (SSSR count). The minimum Gasteiger partial charge on any atom is -0.384 e. The maximum absolute atomic E-state index is 12.4.